The van der Waals surface area contributed by atoms with E-state index in [2.05, 4.69) is 5.32 Å². The van der Waals surface area contributed by atoms with Gasteiger partial charge in [-0.2, -0.15) is 0 Å². The summed E-state index contributed by atoms with van der Waals surface area (Å²) in [5.41, 5.74) is 2.29. The maximum absolute atomic E-state index is 12.2. The second-order valence-corrected chi connectivity index (χ2v) is 5.84. The average molecular weight is 346 g/mol. The average Bonchev–Trinajstić information content (AvgIpc) is 2.60. The van der Waals surface area contributed by atoms with Crippen molar-refractivity contribution in [2.45, 2.75) is 13.0 Å². The first-order valence-electron chi connectivity index (χ1n) is 7.57. The molecule has 0 saturated heterocycles. The second kappa shape index (κ2) is 8.52. The second-order valence-electron chi connectivity index (χ2n) is 5.40. The number of benzene rings is 2. The van der Waals surface area contributed by atoms with E-state index in [0.29, 0.717) is 16.3 Å². The molecule has 0 aliphatic carbocycles. The van der Waals surface area contributed by atoms with Gasteiger partial charge < -0.3 is 15.2 Å². The van der Waals surface area contributed by atoms with Crippen LogP contribution in [0.4, 0.5) is 0 Å². The van der Waals surface area contributed by atoms with Crippen molar-refractivity contribution >= 4 is 29.7 Å². The molecule has 4 nitrogen and oxygen atoms in total. The summed E-state index contributed by atoms with van der Waals surface area (Å²) in [5.74, 6) is 0.437. The molecule has 0 radical (unpaired) electrons. The van der Waals surface area contributed by atoms with Crippen LogP contribution in [0, 0.1) is 0 Å². The van der Waals surface area contributed by atoms with E-state index in [0.717, 1.165) is 11.1 Å². The molecule has 0 fully saturated rings. The van der Waals surface area contributed by atoms with E-state index in [9.17, 15) is 4.79 Å². The first-order valence-corrected chi connectivity index (χ1v) is 7.94. The zero-order valence-electron chi connectivity index (χ0n) is 13.6. The van der Waals surface area contributed by atoms with Gasteiger partial charge in [0, 0.05) is 22.2 Å². The molecule has 24 heavy (non-hydrogen) atoms. The van der Waals surface area contributed by atoms with Crippen LogP contribution in [0.15, 0.2) is 42.5 Å². The molecule has 1 atom stereocenters. The Morgan fingerprint density at radius 2 is 1.96 bits per heavy atom. The fraction of sp³-hybridized carbons (Fsp3) is 0.211. The fourth-order valence-corrected chi connectivity index (χ4v) is 2.24. The van der Waals surface area contributed by atoms with Crippen molar-refractivity contribution in [3.05, 3.63) is 64.2 Å². The SMILES string of the molecule is COc1ccc(C(=O)NC(C)CO)cc1/C=C/c1ccc(Cl)cc1. The number of ether oxygens (including phenoxy) is 1. The van der Waals surface area contributed by atoms with Crippen molar-refractivity contribution in [3.8, 4) is 5.75 Å². The van der Waals surface area contributed by atoms with Crippen molar-refractivity contribution in [3.63, 3.8) is 0 Å². The topological polar surface area (TPSA) is 58.6 Å². The van der Waals surface area contributed by atoms with Gasteiger partial charge in [0.05, 0.1) is 13.7 Å². The molecule has 5 heteroatoms. The van der Waals surface area contributed by atoms with Gasteiger partial charge in [0.25, 0.3) is 5.91 Å². The summed E-state index contributed by atoms with van der Waals surface area (Å²) < 4.78 is 5.35. The third-order valence-electron chi connectivity index (χ3n) is 3.47. The lowest BCUT2D eigenvalue weighted by Gasteiger charge is -2.12. The molecule has 2 N–H and O–H groups in total. The van der Waals surface area contributed by atoms with Crippen molar-refractivity contribution in [1.29, 1.82) is 0 Å². The molecule has 2 aromatic rings. The van der Waals surface area contributed by atoms with E-state index in [1.807, 2.05) is 36.4 Å². The van der Waals surface area contributed by atoms with Crippen LogP contribution in [0.1, 0.15) is 28.4 Å². The van der Waals surface area contributed by atoms with Gasteiger partial charge in [0.2, 0.25) is 0 Å². The number of aliphatic hydroxyl groups excluding tert-OH is 1. The van der Waals surface area contributed by atoms with Gasteiger partial charge >= 0.3 is 0 Å². The fourth-order valence-electron chi connectivity index (χ4n) is 2.12. The van der Waals surface area contributed by atoms with Crippen molar-refractivity contribution in [1.82, 2.24) is 5.32 Å². The highest BCUT2D eigenvalue weighted by atomic mass is 35.5. The maximum atomic E-state index is 12.2. The summed E-state index contributed by atoms with van der Waals surface area (Å²) >= 11 is 5.88. The minimum atomic E-state index is -0.298. The van der Waals surface area contributed by atoms with E-state index in [-0.39, 0.29) is 18.6 Å². The molecule has 1 amide bonds. The number of hydrogen-bond acceptors (Lipinski definition) is 3. The van der Waals surface area contributed by atoms with Crippen LogP contribution in [-0.4, -0.2) is 30.8 Å². The van der Waals surface area contributed by atoms with Crippen LogP contribution in [0.2, 0.25) is 5.02 Å². The molecule has 0 aliphatic heterocycles. The summed E-state index contributed by atoms with van der Waals surface area (Å²) in [6, 6.07) is 12.3. The van der Waals surface area contributed by atoms with Gasteiger partial charge in [0.15, 0.2) is 0 Å². The van der Waals surface area contributed by atoms with Crippen LogP contribution in [0.25, 0.3) is 12.2 Å². The summed E-state index contributed by atoms with van der Waals surface area (Å²) in [4.78, 5) is 12.2. The van der Waals surface area contributed by atoms with Gasteiger partial charge in [-0.1, -0.05) is 35.9 Å². The van der Waals surface area contributed by atoms with Gasteiger partial charge in [-0.15, -0.1) is 0 Å². The number of carbonyl (C=O) groups is 1. The van der Waals surface area contributed by atoms with E-state index in [1.54, 1.807) is 32.2 Å². The Morgan fingerprint density at radius 3 is 2.58 bits per heavy atom. The number of aliphatic hydroxyl groups is 1. The normalized spacial score (nSPS) is 12.2. The summed E-state index contributed by atoms with van der Waals surface area (Å²) in [5, 5.41) is 12.4. The highest BCUT2D eigenvalue weighted by Gasteiger charge is 2.11. The van der Waals surface area contributed by atoms with E-state index < -0.39 is 0 Å². The van der Waals surface area contributed by atoms with Crippen LogP contribution < -0.4 is 10.1 Å². The van der Waals surface area contributed by atoms with E-state index >= 15 is 0 Å². The minimum absolute atomic E-state index is 0.106. The Bertz CT molecular complexity index is 726. The molecule has 0 aromatic heterocycles. The molecule has 0 bridgehead atoms. The minimum Gasteiger partial charge on any atom is -0.496 e. The molecule has 1 unspecified atom stereocenters. The Labute approximate surface area is 146 Å². The highest BCUT2D eigenvalue weighted by Crippen LogP contribution is 2.23. The molecular weight excluding hydrogens is 326 g/mol. The van der Waals surface area contributed by atoms with Gasteiger partial charge in [-0.3, -0.25) is 4.79 Å². The van der Waals surface area contributed by atoms with Crippen LogP contribution in [-0.2, 0) is 0 Å². The van der Waals surface area contributed by atoms with Gasteiger partial charge in [-0.05, 0) is 42.8 Å². The zero-order chi connectivity index (χ0) is 17.5. The predicted molar refractivity (Wildman–Crippen MR) is 97.4 cm³/mol. The largest absolute Gasteiger partial charge is 0.496 e. The lowest BCUT2D eigenvalue weighted by molar-refractivity contribution is 0.0922. The first-order chi connectivity index (χ1) is 11.5. The number of carbonyl (C=O) groups excluding carboxylic acids is 1. The summed E-state index contributed by atoms with van der Waals surface area (Å²) in [7, 11) is 1.59. The van der Waals surface area contributed by atoms with Gasteiger partial charge in [-0.25, -0.2) is 0 Å². The molecule has 2 aromatic carbocycles. The van der Waals surface area contributed by atoms with Crippen LogP contribution in [0.5, 0.6) is 5.75 Å². The number of hydrogen-bond donors (Lipinski definition) is 2. The Morgan fingerprint density at radius 1 is 1.25 bits per heavy atom. The summed E-state index contributed by atoms with van der Waals surface area (Å²) in [6.45, 7) is 1.63. The summed E-state index contributed by atoms with van der Waals surface area (Å²) in [6.07, 6.45) is 3.81. The van der Waals surface area contributed by atoms with Crippen molar-refractivity contribution in [2.24, 2.45) is 0 Å². The standard InChI is InChI=1S/C19H20ClNO3/c1-13(12-22)21-19(23)16-7-10-18(24-2)15(11-16)6-3-14-4-8-17(20)9-5-14/h3-11,13,22H,12H2,1-2H3,(H,21,23)/b6-3+. The molecule has 126 valence electrons. The first kappa shape index (κ1) is 18.0. The third-order valence-corrected chi connectivity index (χ3v) is 3.72. The maximum Gasteiger partial charge on any atom is 0.251 e. The number of rotatable bonds is 6. The number of amides is 1. The van der Waals surface area contributed by atoms with E-state index in [1.165, 1.54) is 0 Å². The number of nitrogens with one attached hydrogen (secondary N) is 1. The smallest absolute Gasteiger partial charge is 0.251 e. The van der Waals surface area contributed by atoms with Crippen LogP contribution in [0.3, 0.4) is 0 Å². The Kier molecular flexibility index (Phi) is 6.41. The quantitative estimate of drug-likeness (QED) is 0.786. The molecule has 0 saturated carbocycles. The molecule has 0 aliphatic rings. The molecule has 0 heterocycles. The lowest BCUT2D eigenvalue weighted by atomic mass is 10.1. The third kappa shape index (κ3) is 4.85. The van der Waals surface area contributed by atoms with Gasteiger partial charge in [0.1, 0.15) is 5.75 Å². The monoisotopic (exact) mass is 345 g/mol. The molecule has 2 rings (SSSR count). The number of methoxy groups -OCH3 is 1. The highest BCUT2D eigenvalue weighted by molar-refractivity contribution is 6.30. The number of halogens is 1. The predicted octanol–water partition coefficient (Wildman–Crippen LogP) is 3.63. The Hall–Kier alpha value is -2.30. The van der Waals surface area contributed by atoms with E-state index in [4.69, 9.17) is 21.4 Å². The molecular formula is C19H20ClNO3. The van der Waals surface area contributed by atoms with Crippen molar-refractivity contribution < 1.29 is 14.6 Å². The van der Waals surface area contributed by atoms with Crippen molar-refractivity contribution in [2.75, 3.05) is 13.7 Å². The van der Waals surface area contributed by atoms with Crippen LogP contribution >= 0.6 is 11.6 Å². The zero-order valence-corrected chi connectivity index (χ0v) is 14.4. The Balaban J connectivity index is 2.25. The lowest BCUT2D eigenvalue weighted by Crippen LogP contribution is -2.34. The molecule has 0 spiro atoms.